The molecule has 0 N–H and O–H groups in total. The molecular formula is C42H40P2. The molecule has 0 aromatic heterocycles. The van der Waals surface area contributed by atoms with Crippen LogP contribution in [0.5, 0.6) is 0 Å². The average molecular weight is 607 g/mol. The molecule has 0 fully saturated rings. The zero-order valence-electron chi connectivity index (χ0n) is 26.2. The van der Waals surface area contributed by atoms with Crippen molar-refractivity contribution >= 4 is 47.8 Å². The predicted molar refractivity (Wildman–Crippen MR) is 196 cm³/mol. The molecular weight excluding hydrogens is 566 g/mol. The Morgan fingerprint density at radius 2 is 0.705 bits per heavy atom. The van der Waals surface area contributed by atoms with Crippen LogP contribution in [0.3, 0.4) is 0 Å². The summed E-state index contributed by atoms with van der Waals surface area (Å²) in [5, 5.41) is 9.01. The number of hydrogen-bond acceptors (Lipinski definition) is 0. The fourth-order valence-electron chi connectivity index (χ4n) is 7.41. The first kappa shape index (κ1) is 29.2. The Labute approximate surface area is 265 Å². The standard InChI is InChI=1S/C42H40P2/c1-29-15-5-9-23-38(29)43(39-24-10-6-16-30(39)2)27-36-34-21-13-19-33-20-14-22-35(42(33)34)37(36)28-44(40-25-11-7-17-31(40)3)41-26-12-8-18-32(41)4/h5-26,36-37H,27-28H2,1-4H3. The van der Waals surface area contributed by atoms with Crippen molar-refractivity contribution in [3.8, 4) is 0 Å². The van der Waals surface area contributed by atoms with Crippen molar-refractivity contribution in [1.29, 1.82) is 0 Å². The van der Waals surface area contributed by atoms with Crippen LogP contribution in [-0.4, -0.2) is 12.3 Å². The molecule has 0 amide bonds. The Bertz CT molecular complexity index is 1730. The predicted octanol–water partition coefficient (Wildman–Crippen LogP) is 9.52. The van der Waals surface area contributed by atoms with E-state index in [9.17, 15) is 0 Å². The summed E-state index contributed by atoms with van der Waals surface area (Å²) in [5.74, 6) is 0.916. The minimum atomic E-state index is -0.554. The van der Waals surface area contributed by atoms with E-state index in [0.717, 1.165) is 12.3 Å². The molecule has 0 radical (unpaired) electrons. The van der Waals surface area contributed by atoms with Crippen LogP contribution in [0, 0.1) is 27.7 Å². The van der Waals surface area contributed by atoms with E-state index in [2.05, 4.69) is 161 Å². The van der Waals surface area contributed by atoms with Crippen LogP contribution < -0.4 is 21.2 Å². The molecule has 0 aliphatic heterocycles. The highest BCUT2D eigenvalue weighted by Crippen LogP contribution is 2.56. The van der Waals surface area contributed by atoms with E-state index in [-0.39, 0.29) is 0 Å². The van der Waals surface area contributed by atoms with Crippen molar-refractivity contribution in [1.82, 2.24) is 0 Å². The monoisotopic (exact) mass is 606 g/mol. The first-order valence-electron chi connectivity index (χ1n) is 15.8. The van der Waals surface area contributed by atoms with Gasteiger partial charge in [0.05, 0.1) is 0 Å². The van der Waals surface area contributed by atoms with E-state index in [0.29, 0.717) is 11.8 Å². The van der Waals surface area contributed by atoms with Crippen molar-refractivity contribution < 1.29 is 0 Å². The van der Waals surface area contributed by atoms with E-state index in [1.54, 1.807) is 11.1 Å². The minimum absolute atomic E-state index is 0.458. The van der Waals surface area contributed by atoms with Gasteiger partial charge in [-0.05, 0) is 133 Å². The van der Waals surface area contributed by atoms with Crippen LogP contribution >= 0.6 is 15.8 Å². The summed E-state index contributed by atoms with van der Waals surface area (Å²) in [6, 6.07) is 50.7. The number of hydrogen-bond donors (Lipinski definition) is 0. The van der Waals surface area contributed by atoms with Gasteiger partial charge in [-0.25, -0.2) is 0 Å². The maximum absolute atomic E-state index is 2.45. The largest absolute Gasteiger partial charge is 0.0620 e. The first-order chi connectivity index (χ1) is 21.5. The van der Waals surface area contributed by atoms with Gasteiger partial charge in [-0.15, -0.1) is 0 Å². The Balaban J connectivity index is 1.40. The van der Waals surface area contributed by atoms with Crippen LogP contribution in [0.1, 0.15) is 45.2 Å². The molecule has 218 valence electrons. The van der Waals surface area contributed by atoms with Gasteiger partial charge in [-0.1, -0.05) is 133 Å². The fourth-order valence-corrected chi connectivity index (χ4v) is 13.5. The number of rotatable bonds is 8. The highest BCUT2D eigenvalue weighted by Gasteiger charge is 2.38. The van der Waals surface area contributed by atoms with Gasteiger partial charge in [0.2, 0.25) is 0 Å². The van der Waals surface area contributed by atoms with Gasteiger partial charge in [0.25, 0.3) is 0 Å². The van der Waals surface area contributed by atoms with Crippen molar-refractivity contribution in [2.24, 2.45) is 0 Å². The van der Waals surface area contributed by atoms with Gasteiger partial charge >= 0.3 is 0 Å². The molecule has 1 aliphatic carbocycles. The van der Waals surface area contributed by atoms with Gasteiger partial charge < -0.3 is 0 Å². The highest BCUT2D eigenvalue weighted by atomic mass is 31.1. The van der Waals surface area contributed by atoms with Gasteiger partial charge in [0, 0.05) is 0 Å². The van der Waals surface area contributed by atoms with E-state index >= 15 is 0 Å². The molecule has 0 heterocycles. The third kappa shape index (κ3) is 5.34. The summed E-state index contributed by atoms with van der Waals surface area (Å²) < 4.78 is 0. The summed E-state index contributed by atoms with van der Waals surface area (Å²) >= 11 is 0. The molecule has 6 aromatic carbocycles. The summed E-state index contributed by atoms with van der Waals surface area (Å²) in [6.07, 6.45) is 2.32. The summed E-state index contributed by atoms with van der Waals surface area (Å²) in [6.45, 7) is 9.22. The summed E-state index contributed by atoms with van der Waals surface area (Å²) in [5.41, 5.74) is 8.76. The molecule has 2 unspecified atom stereocenters. The van der Waals surface area contributed by atoms with Crippen LogP contribution in [0.15, 0.2) is 133 Å². The molecule has 7 rings (SSSR count). The van der Waals surface area contributed by atoms with Crippen LogP contribution in [0.4, 0.5) is 0 Å². The third-order valence-corrected chi connectivity index (χ3v) is 15.5. The molecule has 1 aliphatic rings. The second kappa shape index (κ2) is 12.4. The molecule has 0 saturated carbocycles. The Hall–Kier alpha value is -3.56. The van der Waals surface area contributed by atoms with E-state index < -0.39 is 15.8 Å². The molecule has 0 bridgehead atoms. The van der Waals surface area contributed by atoms with Gasteiger partial charge in [0.15, 0.2) is 0 Å². The second-order valence-corrected chi connectivity index (χ2v) is 16.7. The van der Waals surface area contributed by atoms with Crippen molar-refractivity contribution in [3.05, 3.63) is 167 Å². The van der Waals surface area contributed by atoms with Crippen LogP contribution in [-0.2, 0) is 0 Å². The lowest BCUT2D eigenvalue weighted by Gasteiger charge is -2.32. The van der Waals surface area contributed by atoms with E-state index in [1.807, 2.05) is 0 Å². The smallest absolute Gasteiger partial charge is 0.00377 e. The zero-order chi connectivity index (χ0) is 30.2. The highest BCUT2D eigenvalue weighted by molar-refractivity contribution is 7.73. The van der Waals surface area contributed by atoms with E-state index in [1.165, 1.54) is 54.2 Å². The lowest BCUT2D eigenvalue weighted by atomic mass is 9.93. The van der Waals surface area contributed by atoms with E-state index in [4.69, 9.17) is 0 Å². The zero-order valence-corrected chi connectivity index (χ0v) is 28.0. The fraction of sp³-hybridized carbons (Fsp3) is 0.190. The molecule has 6 aromatic rings. The Kier molecular flexibility index (Phi) is 8.25. The van der Waals surface area contributed by atoms with Gasteiger partial charge in [-0.3, -0.25) is 0 Å². The Morgan fingerprint density at radius 1 is 0.386 bits per heavy atom. The van der Waals surface area contributed by atoms with Crippen molar-refractivity contribution in [3.63, 3.8) is 0 Å². The molecule has 2 atom stereocenters. The third-order valence-electron chi connectivity index (χ3n) is 9.64. The quantitative estimate of drug-likeness (QED) is 0.151. The molecule has 0 saturated heterocycles. The topological polar surface area (TPSA) is 0 Å². The van der Waals surface area contributed by atoms with Gasteiger partial charge in [0.1, 0.15) is 0 Å². The maximum atomic E-state index is 2.45. The lowest BCUT2D eigenvalue weighted by Crippen LogP contribution is -2.26. The summed E-state index contributed by atoms with van der Waals surface area (Å²) in [7, 11) is -1.11. The van der Waals surface area contributed by atoms with Crippen LogP contribution in [0.2, 0.25) is 0 Å². The normalized spacial score (nSPS) is 15.9. The van der Waals surface area contributed by atoms with Crippen LogP contribution in [0.25, 0.3) is 10.8 Å². The van der Waals surface area contributed by atoms with Gasteiger partial charge in [-0.2, -0.15) is 0 Å². The SMILES string of the molecule is Cc1ccccc1P(CC1c2cccc3cccc(c23)C1CP(c1ccccc1C)c1ccccc1C)c1ccccc1C. The minimum Gasteiger partial charge on any atom is -0.0620 e. The average Bonchev–Trinajstić information content (AvgIpc) is 3.34. The first-order valence-corrected chi connectivity index (χ1v) is 18.9. The lowest BCUT2D eigenvalue weighted by molar-refractivity contribution is 0.668. The van der Waals surface area contributed by atoms with Crippen molar-refractivity contribution in [2.45, 2.75) is 39.5 Å². The molecule has 2 heteroatoms. The van der Waals surface area contributed by atoms with Crippen molar-refractivity contribution in [2.75, 3.05) is 12.3 Å². The second-order valence-electron chi connectivity index (χ2n) is 12.4. The maximum Gasteiger partial charge on any atom is -0.00377 e. The summed E-state index contributed by atoms with van der Waals surface area (Å²) in [4.78, 5) is 0. The Morgan fingerprint density at radius 3 is 1.02 bits per heavy atom. The number of aryl methyl sites for hydroxylation is 4. The molecule has 0 nitrogen and oxygen atoms in total. The molecule has 0 spiro atoms. The molecule has 44 heavy (non-hydrogen) atoms. The number of benzene rings is 6.